The fourth-order valence-corrected chi connectivity index (χ4v) is 0.576. The molecule has 4 nitrogen and oxygen atoms in total. The minimum Gasteiger partial charge on any atom is -0.156 e. The minimum atomic E-state index is 0.630. The van der Waals surface area contributed by atoms with Crippen molar-refractivity contribution in [2.45, 2.75) is 0 Å². The first-order chi connectivity index (χ1) is 3.97. The van der Waals surface area contributed by atoms with Crippen LogP contribution in [0.1, 0.15) is 0 Å². The number of hydrogen-bond donors (Lipinski definition) is 0. The lowest BCUT2D eigenvalue weighted by atomic mass is 10.3. The summed E-state index contributed by atoms with van der Waals surface area (Å²) in [5.74, 6) is 0.630. The van der Waals surface area contributed by atoms with Crippen molar-refractivity contribution in [2.75, 3.05) is 0 Å². The van der Waals surface area contributed by atoms with Crippen molar-refractivity contribution >= 4 is 12.1 Å². The van der Waals surface area contributed by atoms with Crippen molar-refractivity contribution in [1.29, 1.82) is 0 Å². The van der Waals surface area contributed by atoms with Gasteiger partial charge in [0, 0.05) is 0 Å². The van der Waals surface area contributed by atoms with Gasteiger partial charge in [-0.25, -0.2) is 0 Å². The van der Waals surface area contributed by atoms with Crippen LogP contribution in [0.5, 0.6) is 0 Å². The molecule has 0 N–H and O–H groups in total. The summed E-state index contributed by atoms with van der Waals surface area (Å²) in [6.45, 7) is 0. The number of fused-ring (bicyclic) bond motifs is 1. The molecule has 0 bridgehead atoms. The van der Waals surface area contributed by atoms with Crippen LogP contribution in [0.25, 0.3) is 0 Å². The van der Waals surface area contributed by atoms with E-state index < -0.39 is 0 Å². The molecule has 2 rings (SSSR count). The Morgan fingerprint density at radius 1 is 1.38 bits per heavy atom. The van der Waals surface area contributed by atoms with Crippen LogP contribution >= 0.6 is 0 Å². The first-order valence-electron chi connectivity index (χ1n) is 2.19. The van der Waals surface area contributed by atoms with Gasteiger partial charge < -0.3 is 0 Å². The van der Waals surface area contributed by atoms with E-state index in [1.165, 1.54) is 0 Å². The second-order valence-corrected chi connectivity index (χ2v) is 1.47. The molecule has 0 aromatic carbocycles. The van der Waals surface area contributed by atoms with Crippen LogP contribution in [0.4, 0.5) is 0 Å². The van der Waals surface area contributed by atoms with Crippen LogP contribution in [0, 0.1) is 0 Å². The van der Waals surface area contributed by atoms with Gasteiger partial charge in [0.15, 0.2) is 0 Å². The highest BCUT2D eigenvalue weighted by Crippen LogP contribution is 2.10. The van der Waals surface area contributed by atoms with Crippen LogP contribution in [0.15, 0.2) is 32.2 Å². The molecule has 38 valence electrons. The van der Waals surface area contributed by atoms with E-state index >= 15 is 0 Å². The standard InChI is InChI=1S/C4H2N4/c1-3-2-6-8-4(3)7-5-1/h1-2H. The van der Waals surface area contributed by atoms with E-state index in [1.54, 1.807) is 12.4 Å². The third-order valence-electron chi connectivity index (χ3n) is 0.957. The van der Waals surface area contributed by atoms with Crippen LogP contribution in [-0.2, 0) is 0 Å². The zero-order valence-corrected chi connectivity index (χ0v) is 3.94. The molecule has 0 radical (unpaired) electrons. The molecule has 0 aliphatic carbocycles. The van der Waals surface area contributed by atoms with Crippen molar-refractivity contribution in [1.82, 2.24) is 0 Å². The normalized spacial score (nSPS) is 21.0. The maximum Gasteiger partial charge on any atom is 0.206 e. The van der Waals surface area contributed by atoms with Crippen molar-refractivity contribution in [3.05, 3.63) is 11.8 Å². The maximum atomic E-state index is 3.66. The summed E-state index contributed by atoms with van der Waals surface area (Å²) in [6.07, 6.45) is 3.27. The minimum absolute atomic E-state index is 0.630. The van der Waals surface area contributed by atoms with Crippen molar-refractivity contribution in [3.8, 4) is 0 Å². The number of rotatable bonds is 0. The van der Waals surface area contributed by atoms with E-state index in [0.717, 1.165) is 5.57 Å². The third-order valence-corrected chi connectivity index (χ3v) is 0.957. The fourth-order valence-electron chi connectivity index (χ4n) is 0.576. The predicted molar refractivity (Wildman–Crippen MR) is 28.9 cm³/mol. The highest BCUT2D eigenvalue weighted by atomic mass is 15.3. The number of azo groups is 1. The van der Waals surface area contributed by atoms with Gasteiger partial charge in [-0.1, -0.05) is 0 Å². The highest BCUT2D eigenvalue weighted by molar-refractivity contribution is 6.18. The lowest BCUT2D eigenvalue weighted by Gasteiger charge is -1.75. The van der Waals surface area contributed by atoms with Gasteiger partial charge in [-0.3, -0.25) is 0 Å². The predicted octanol–water partition coefficient (Wildman–Crippen LogP) is 0.734. The van der Waals surface area contributed by atoms with E-state index in [9.17, 15) is 0 Å². The summed E-state index contributed by atoms with van der Waals surface area (Å²) in [5, 5.41) is 14.5. The lowest BCUT2D eigenvalue weighted by molar-refractivity contribution is 1.23. The Kier molecular flexibility index (Phi) is 0.498. The van der Waals surface area contributed by atoms with Gasteiger partial charge >= 0.3 is 0 Å². The molecule has 0 saturated carbocycles. The van der Waals surface area contributed by atoms with Gasteiger partial charge in [0.2, 0.25) is 5.84 Å². The third kappa shape index (κ3) is 0.294. The first-order valence-corrected chi connectivity index (χ1v) is 2.19. The molecule has 2 aliphatic rings. The van der Waals surface area contributed by atoms with Crippen LogP contribution in [0.2, 0.25) is 0 Å². The molecule has 0 saturated heterocycles. The van der Waals surface area contributed by atoms with Crippen molar-refractivity contribution < 1.29 is 0 Å². The molecule has 4 heteroatoms. The summed E-state index contributed by atoms with van der Waals surface area (Å²) >= 11 is 0. The average molecular weight is 106 g/mol. The Hall–Kier alpha value is -1.32. The van der Waals surface area contributed by atoms with Crippen molar-refractivity contribution in [2.24, 2.45) is 20.4 Å². The van der Waals surface area contributed by atoms with Gasteiger partial charge in [-0.2, -0.15) is 10.2 Å². The van der Waals surface area contributed by atoms with Crippen LogP contribution < -0.4 is 0 Å². The Morgan fingerprint density at radius 3 is 3.25 bits per heavy atom. The fraction of sp³-hybridized carbons (Fsp3) is 0. The molecule has 0 spiro atoms. The molecule has 0 fully saturated rings. The van der Waals surface area contributed by atoms with Gasteiger partial charge in [0.25, 0.3) is 0 Å². The molecule has 2 aliphatic heterocycles. The quantitative estimate of drug-likeness (QED) is 0.437. The lowest BCUT2D eigenvalue weighted by Crippen LogP contribution is -1.87. The average Bonchev–Trinajstić information content (AvgIpc) is 2.15. The molecule has 0 aromatic rings. The van der Waals surface area contributed by atoms with E-state index in [4.69, 9.17) is 0 Å². The smallest absolute Gasteiger partial charge is 0.156 e. The van der Waals surface area contributed by atoms with Gasteiger partial charge in [-0.15, -0.1) is 10.2 Å². The first kappa shape index (κ1) is 3.65. The number of nitrogens with zero attached hydrogens (tertiary/aromatic N) is 4. The maximum absolute atomic E-state index is 3.66. The summed E-state index contributed by atoms with van der Waals surface area (Å²) in [4.78, 5) is 0. The Balaban J connectivity index is 2.59. The number of hydrogen-bond acceptors (Lipinski definition) is 4. The summed E-state index contributed by atoms with van der Waals surface area (Å²) in [5.41, 5.74) is 0.907. The van der Waals surface area contributed by atoms with Crippen molar-refractivity contribution in [3.63, 3.8) is 0 Å². The molecule has 8 heavy (non-hydrogen) atoms. The van der Waals surface area contributed by atoms with Crippen LogP contribution in [0.3, 0.4) is 0 Å². The molecule has 2 heterocycles. The summed E-state index contributed by atoms with van der Waals surface area (Å²) < 4.78 is 0. The van der Waals surface area contributed by atoms with Gasteiger partial charge in [0.05, 0.1) is 18.0 Å². The molecule has 0 atom stereocenters. The SMILES string of the molecule is C1=NN=C2N=NC=C12. The highest BCUT2D eigenvalue weighted by Gasteiger charge is 2.12. The zero-order valence-electron chi connectivity index (χ0n) is 3.94. The van der Waals surface area contributed by atoms with Gasteiger partial charge in [0.1, 0.15) is 0 Å². The van der Waals surface area contributed by atoms with E-state index in [-0.39, 0.29) is 0 Å². The Morgan fingerprint density at radius 2 is 2.38 bits per heavy atom. The zero-order chi connectivity index (χ0) is 5.40. The van der Waals surface area contributed by atoms with E-state index in [0.29, 0.717) is 5.84 Å². The molecular formula is C4H2N4. The Bertz CT molecular complexity index is 206. The molecule has 0 aromatic heterocycles. The molecule has 0 amide bonds. The largest absolute Gasteiger partial charge is 0.206 e. The summed E-state index contributed by atoms with van der Waals surface area (Å²) in [7, 11) is 0. The second-order valence-electron chi connectivity index (χ2n) is 1.47. The monoisotopic (exact) mass is 106 g/mol. The van der Waals surface area contributed by atoms with Crippen LogP contribution in [-0.4, -0.2) is 12.1 Å². The summed E-state index contributed by atoms with van der Waals surface area (Å²) in [6, 6.07) is 0. The topological polar surface area (TPSA) is 49.4 Å². The van der Waals surface area contributed by atoms with Gasteiger partial charge in [-0.05, 0) is 0 Å². The molecule has 0 unspecified atom stereocenters. The van der Waals surface area contributed by atoms with E-state index in [1.807, 2.05) is 0 Å². The second kappa shape index (κ2) is 1.09. The van der Waals surface area contributed by atoms with E-state index in [2.05, 4.69) is 20.4 Å². The Labute approximate surface area is 45.3 Å². The number of amidine groups is 1. The molecular weight excluding hydrogens is 104 g/mol.